The second-order valence-electron chi connectivity index (χ2n) is 6.21. The highest BCUT2D eigenvalue weighted by Gasteiger charge is 2.01. The lowest BCUT2D eigenvalue weighted by molar-refractivity contribution is 0.0657. The summed E-state index contributed by atoms with van der Waals surface area (Å²) in [6.07, 6.45) is 1.41. The van der Waals surface area contributed by atoms with Crippen molar-refractivity contribution in [2.75, 3.05) is 13.6 Å². The second-order valence-corrected chi connectivity index (χ2v) is 6.21. The minimum absolute atomic E-state index is 0.265. The van der Waals surface area contributed by atoms with Crippen LogP contribution in [-0.2, 0) is 17.9 Å². The molecule has 4 heteroatoms. The van der Waals surface area contributed by atoms with Crippen LogP contribution < -0.4 is 10.6 Å². The molecule has 0 aliphatic heterocycles. The Morgan fingerprint density at radius 1 is 1.05 bits per heavy atom. The van der Waals surface area contributed by atoms with E-state index >= 15 is 0 Å². The van der Waals surface area contributed by atoms with E-state index in [2.05, 4.69) is 67.6 Å². The van der Waals surface area contributed by atoms with E-state index in [-0.39, 0.29) is 6.10 Å². The molecular formula is C18H31N3O. The van der Waals surface area contributed by atoms with Crippen LogP contribution in [0.5, 0.6) is 0 Å². The highest BCUT2D eigenvalue weighted by atomic mass is 16.5. The predicted octanol–water partition coefficient (Wildman–Crippen LogP) is 3.32. The van der Waals surface area contributed by atoms with Crippen LogP contribution in [0.2, 0.25) is 0 Å². The van der Waals surface area contributed by atoms with Gasteiger partial charge in [0, 0.05) is 20.1 Å². The summed E-state index contributed by atoms with van der Waals surface area (Å²) in [5.41, 5.74) is 2.44. The molecule has 0 radical (unpaired) electrons. The first-order chi connectivity index (χ1) is 10.5. The van der Waals surface area contributed by atoms with E-state index in [9.17, 15) is 0 Å². The number of benzene rings is 1. The van der Waals surface area contributed by atoms with E-state index < -0.39 is 0 Å². The fourth-order valence-corrected chi connectivity index (χ4v) is 1.90. The summed E-state index contributed by atoms with van der Waals surface area (Å²) in [5.74, 6) is 1.55. The molecule has 0 aromatic heterocycles. The number of nitrogens with zero attached hydrogens (tertiary/aromatic N) is 1. The van der Waals surface area contributed by atoms with Gasteiger partial charge >= 0.3 is 0 Å². The van der Waals surface area contributed by atoms with Crippen molar-refractivity contribution >= 4 is 5.96 Å². The van der Waals surface area contributed by atoms with Gasteiger partial charge in [-0.3, -0.25) is 4.99 Å². The molecule has 1 aromatic carbocycles. The van der Waals surface area contributed by atoms with E-state index in [0.29, 0.717) is 12.5 Å². The first-order valence-electron chi connectivity index (χ1n) is 8.15. The van der Waals surface area contributed by atoms with Gasteiger partial charge in [-0.05, 0) is 37.3 Å². The molecule has 0 aliphatic rings. The molecule has 0 unspecified atom stereocenters. The third-order valence-corrected chi connectivity index (χ3v) is 3.30. The third kappa shape index (κ3) is 8.03. The zero-order chi connectivity index (χ0) is 16.4. The number of hydrogen-bond acceptors (Lipinski definition) is 2. The van der Waals surface area contributed by atoms with E-state index in [1.165, 1.54) is 11.1 Å². The van der Waals surface area contributed by atoms with Crippen LogP contribution in [0.25, 0.3) is 0 Å². The third-order valence-electron chi connectivity index (χ3n) is 3.30. The zero-order valence-corrected chi connectivity index (χ0v) is 14.6. The fourth-order valence-electron chi connectivity index (χ4n) is 1.90. The van der Waals surface area contributed by atoms with Crippen LogP contribution in [0.4, 0.5) is 0 Å². The van der Waals surface area contributed by atoms with Crippen molar-refractivity contribution < 1.29 is 4.74 Å². The fraction of sp³-hybridized carbons (Fsp3) is 0.611. The Morgan fingerprint density at radius 2 is 1.68 bits per heavy atom. The number of ether oxygens (including phenoxy) is 1. The zero-order valence-electron chi connectivity index (χ0n) is 14.6. The molecule has 0 amide bonds. The summed E-state index contributed by atoms with van der Waals surface area (Å²) in [4.78, 5) is 4.24. The van der Waals surface area contributed by atoms with Crippen molar-refractivity contribution in [2.24, 2.45) is 10.9 Å². The Balaban J connectivity index is 2.36. The maximum absolute atomic E-state index is 5.60. The predicted molar refractivity (Wildman–Crippen MR) is 94.0 cm³/mol. The van der Waals surface area contributed by atoms with Gasteiger partial charge in [-0.1, -0.05) is 38.1 Å². The number of hydrogen-bond donors (Lipinski definition) is 2. The molecule has 0 fully saturated rings. The molecule has 2 N–H and O–H groups in total. The summed E-state index contributed by atoms with van der Waals surface area (Å²) in [5, 5.41) is 6.67. The van der Waals surface area contributed by atoms with Gasteiger partial charge < -0.3 is 15.4 Å². The molecule has 1 aromatic rings. The number of nitrogens with one attached hydrogen (secondary N) is 2. The smallest absolute Gasteiger partial charge is 0.191 e. The van der Waals surface area contributed by atoms with Crippen molar-refractivity contribution in [3.05, 3.63) is 35.4 Å². The minimum atomic E-state index is 0.265. The van der Waals surface area contributed by atoms with Crippen molar-refractivity contribution in [2.45, 2.75) is 53.4 Å². The highest BCUT2D eigenvalue weighted by molar-refractivity contribution is 5.79. The summed E-state index contributed by atoms with van der Waals surface area (Å²) in [6, 6.07) is 8.50. The van der Waals surface area contributed by atoms with Gasteiger partial charge in [-0.15, -0.1) is 0 Å². The van der Waals surface area contributed by atoms with Crippen molar-refractivity contribution in [1.82, 2.24) is 10.6 Å². The molecule has 22 heavy (non-hydrogen) atoms. The topological polar surface area (TPSA) is 45.7 Å². The molecule has 0 spiro atoms. The Bertz CT molecular complexity index is 438. The van der Waals surface area contributed by atoms with Gasteiger partial charge in [0.05, 0.1) is 12.7 Å². The molecule has 124 valence electrons. The van der Waals surface area contributed by atoms with Crippen LogP contribution in [0.1, 0.15) is 45.2 Å². The maximum Gasteiger partial charge on any atom is 0.191 e. The average Bonchev–Trinajstić information content (AvgIpc) is 2.49. The van der Waals surface area contributed by atoms with E-state index in [0.717, 1.165) is 25.5 Å². The molecule has 0 atom stereocenters. The Hall–Kier alpha value is -1.55. The molecule has 0 aliphatic carbocycles. The standard InChI is InChI=1S/C18H31N3O/c1-14(2)10-11-20-18(19-5)21-12-16-6-8-17(9-7-16)13-22-15(3)4/h6-9,14-15H,10-13H2,1-5H3,(H2,19,20,21). The lowest BCUT2D eigenvalue weighted by Gasteiger charge is -2.13. The van der Waals surface area contributed by atoms with Crippen molar-refractivity contribution in [1.29, 1.82) is 0 Å². The van der Waals surface area contributed by atoms with Gasteiger partial charge in [-0.25, -0.2) is 0 Å². The molecule has 1 rings (SSSR count). The van der Waals surface area contributed by atoms with Crippen molar-refractivity contribution in [3.63, 3.8) is 0 Å². The summed E-state index contributed by atoms with van der Waals surface area (Å²) >= 11 is 0. The van der Waals surface area contributed by atoms with Crippen molar-refractivity contribution in [3.8, 4) is 0 Å². The lowest BCUT2D eigenvalue weighted by atomic mass is 10.1. The van der Waals surface area contributed by atoms with Crippen LogP contribution in [-0.4, -0.2) is 25.7 Å². The number of guanidine groups is 1. The summed E-state index contributed by atoms with van der Waals surface area (Å²) < 4.78 is 5.60. The van der Waals surface area contributed by atoms with E-state index in [4.69, 9.17) is 4.74 Å². The first-order valence-corrected chi connectivity index (χ1v) is 8.15. The normalized spacial score (nSPS) is 12.0. The Labute approximate surface area is 135 Å². The van der Waals surface area contributed by atoms with Crippen LogP contribution in [0, 0.1) is 5.92 Å². The van der Waals surface area contributed by atoms with Crippen LogP contribution >= 0.6 is 0 Å². The maximum atomic E-state index is 5.60. The molecule has 0 saturated heterocycles. The first kappa shape index (κ1) is 18.5. The minimum Gasteiger partial charge on any atom is -0.374 e. The van der Waals surface area contributed by atoms with Gasteiger partial charge in [0.25, 0.3) is 0 Å². The van der Waals surface area contributed by atoms with Crippen LogP contribution in [0.15, 0.2) is 29.3 Å². The van der Waals surface area contributed by atoms with Gasteiger partial charge in [0.15, 0.2) is 5.96 Å². The van der Waals surface area contributed by atoms with Crippen LogP contribution in [0.3, 0.4) is 0 Å². The quantitative estimate of drug-likeness (QED) is 0.572. The monoisotopic (exact) mass is 305 g/mol. The largest absolute Gasteiger partial charge is 0.374 e. The lowest BCUT2D eigenvalue weighted by Crippen LogP contribution is -2.37. The highest BCUT2D eigenvalue weighted by Crippen LogP contribution is 2.07. The Morgan fingerprint density at radius 3 is 2.23 bits per heavy atom. The number of rotatable bonds is 8. The average molecular weight is 305 g/mol. The SMILES string of the molecule is CN=C(NCCC(C)C)NCc1ccc(COC(C)C)cc1. The Kier molecular flexibility index (Phi) is 8.60. The second kappa shape index (κ2) is 10.2. The molecule has 0 bridgehead atoms. The molecular weight excluding hydrogens is 274 g/mol. The van der Waals surface area contributed by atoms with Gasteiger partial charge in [0.1, 0.15) is 0 Å². The molecule has 0 heterocycles. The molecule has 4 nitrogen and oxygen atoms in total. The van der Waals surface area contributed by atoms with Gasteiger partial charge in [0.2, 0.25) is 0 Å². The number of aliphatic imine (C=N–C) groups is 1. The van der Waals surface area contributed by atoms with E-state index in [1.807, 2.05) is 0 Å². The summed E-state index contributed by atoms with van der Waals surface area (Å²) in [6.45, 7) is 10.9. The summed E-state index contributed by atoms with van der Waals surface area (Å²) in [7, 11) is 1.80. The van der Waals surface area contributed by atoms with E-state index in [1.54, 1.807) is 7.05 Å². The molecule has 0 saturated carbocycles. The van der Waals surface area contributed by atoms with Gasteiger partial charge in [-0.2, -0.15) is 0 Å².